The van der Waals surface area contributed by atoms with Crippen molar-refractivity contribution in [2.45, 2.75) is 44.8 Å². The Morgan fingerprint density at radius 2 is 1.78 bits per heavy atom. The van der Waals surface area contributed by atoms with Gasteiger partial charge in [0, 0.05) is 13.1 Å². The molecule has 0 atom stereocenters. The molecular weight excluding hydrogens is 348 g/mol. The number of benzene rings is 1. The topological polar surface area (TPSA) is 103 Å². The van der Waals surface area contributed by atoms with E-state index in [4.69, 9.17) is 10.00 Å². The number of imide groups is 1. The van der Waals surface area contributed by atoms with Gasteiger partial charge in [-0.2, -0.15) is 5.26 Å². The van der Waals surface area contributed by atoms with Crippen LogP contribution in [0.2, 0.25) is 0 Å². The Kier molecular flexibility index (Phi) is 4.56. The number of nitrogens with one attached hydrogen (secondary N) is 1. The predicted molar refractivity (Wildman–Crippen MR) is 96.9 cm³/mol. The second-order valence-corrected chi connectivity index (χ2v) is 7.78. The molecule has 1 aromatic rings. The molecule has 27 heavy (non-hydrogen) atoms. The van der Waals surface area contributed by atoms with Gasteiger partial charge < -0.3 is 15.0 Å². The maximum atomic E-state index is 13.0. The molecule has 0 bridgehead atoms. The zero-order valence-electron chi connectivity index (χ0n) is 15.6. The summed E-state index contributed by atoms with van der Waals surface area (Å²) in [5.74, 6) is -0.332. The van der Waals surface area contributed by atoms with E-state index >= 15 is 0 Å². The van der Waals surface area contributed by atoms with Crippen molar-refractivity contribution in [1.29, 1.82) is 5.26 Å². The van der Waals surface area contributed by atoms with Crippen molar-refractivity contribution in [3.05, 3.63) is 29.8 Å². The fourth-order valence-corrected chi connectivity index (χ4v) is 3.28. The van der Waals surface area contributed by atoms with E-state index in [1.807, 2.05) is 6.07 Å². The maximum Gasteiger partial charge on any atom is 0.410 e. The third-order valence-electron chi connectivity index (χ3n) is 4.69. The van der Waals surface area contributed by atoms with Gasteiger partial charge in [-0.05, 0) is 57.9 Å². The number of rotatable bonds is 1. The SMILES string of the molecule is CC(C)(C)OC(=O)N1CCC2(CC1)NC(=O)N(c1ccc(C#N)cc1)C2=O. The number of amides is 4. The molecular formula is C19H22N4O4. The lowest BCUT2D eigenvalue weighted by Gasteiger charge is -2.37. The molecule has 2 heterocycles. The first-order valence-electron chi connectivity index (χ1n) is 8.80. The molecule has 0 radical (unpaired) electrons. The number of nitriles is 1. The molecule has 8 heteroatoms. The number of hydrogen-bond acceptors (Lipinski definition) is 5. The van der Waals surface area contributed by atoms with Crippen LogP contribution in [0.3, 0.4) is 0 Å². The number of nitrogens with zero attached hydrogens (tertiary/aromatic N) is 3. The summed E-state index contributed by atoms with van der Waals surface area (Å²) in [6, 6.07) is 7.78. The van der Waals surface area contributed by atoms with E-state index in [0.29, 0.717) is 37.2 Å². The lowest BCUT2D eigenvalue weighted by Crippen LogP contribution is -2.56. The van der Waals surface area contributed by atoms with Gasteiger partial charge in [0.2, 0.25) is 0 Å². The van der Waals surface area contributed by atoms with Crippen LogP contribution in [0.4, 0.5) is 15.3 Å². The Morgan fingerprint density at radius 3 is 2.30 bits per heavy atom. The van der Waals surface area contributed by atoms with Crippen molar-refractivity contribution in [2.75, 3.05) is 18.0 Å². The molecule has 1 N–H and O–H groups in total. The van der Waals surface area contributed by atoms with Gasteiger partial charge in [-0.3, -0.25) is 4.79 Å². The molecule has 3 rings (SSSR count). The van der Waals surface area contributed by atoms with Crippen LogP contribution in [-0.2, 0) is 9.53 Å². The summed E-state index contributed by atoms with van der Waals surface area (Å²) in [6.07, 6.45) is 0.228. The Labute approximate surface area is 157 Å². The maximum absolute atomic E-state index is 13.0. The smallest absolute Gasteiger partial charge is 0.410 e. The van der Waals surface area contributed by atoms with Gasteiger partial charge in [0.1, 0.15) is 11.1 Å². The first-order valence-corrected chi connectivity index (χ1v) is 8.80. The minimum Gasteiger partial charge on any atom is -0.444 e. The Morgan fingerprint density at radius 1 is 1.19 bits per heavy atom. The Balaban J connectivity index is 1.72. The average Bonchev–Trinajstić information content (AvgIpc) is 2.84. The van der Waals surface area contributed by atoms with Gasteiger partial charge in [0.05, 0.1) is 17.3 Å². The number of carbonyl (C=O) groups is 3. The summed E-state index contributed by atoms with van der Waals surface area (Å²) in [4.78, 5) is 40.3. The highest BCUT2D eigenvalue weighted by atomic mass is 16.6. The summed E-state index contributed by atoms with van der Waals surface area (Å²) in [5.41, 5.74) is -0.728. The standard InChI is InChI=1S/C19H22N4O4/c1-18(2,3)27-17(26)22-10-8-19(9-11-22)15(24)23(16(25)21-19)14-6-4-13(12-20)5-7-14/h4-7H,8-11H2,1-3H3,(H,21,25). The van der Waals surface area contributed by atoms with E-state index in [0.717, 1.165) is 4.90 Å². The van der Waals surface area contributed by atoms with Gasteiger partial charge >= 0.3 is 12.1 Å². The molecule has 2 fully saturated rings. The number of ether oxygens (including phenoxy) is 1. The number of carbonyl (C=O) groups excluding carboxylic acids is 3. The molecule has 2 aliphatic heterocycles. The predicted octanol–water partition coefficient (Wildman–Crippen LogP) is 2.38. The normalized spacial score (nSPS) is 19.0. The summed E-state index contributed by atoms with van der Waals surface area (Å²) >= 11 is 0. The van der Waals surface area contributed by atoms with Crippen molar-refractivity contribution in [1.82, 2.24) is 10.2 Å². The average molecular weight is 370 g/mol. The van der Waals surface area contributed by atoms with E-state index in [2.05, 4.69) is 5.32 Å². The number of anilines is 1. The van der Waals surface area contributed by atoms with Crippen molar-refractivity contribution in [2.24, 2.45) is 0 Å². The fraction of sp³-hybridized carbons (Fsp3) is 0.474. The molecule has 1 spiro atoms. The Hall–Kier alpha value is -3.08. The second-order valence-electron chi connectivity index (χ2n) is 7.78. The van der Waals surface area contributed by atoms with Gasteiger partial charge in [0.15, 0.2) is 0 Å². The van der Waals surface area contributed by atoms with Crippen molar-refractivity contribution < 1.29 is 19.1 Å². The first kappa shape index (κ1) is 18.7. The lowest BCUT2D eigenvalue weighted by atomic mass is 9.87. The van der Waals surface area contributed by atoms with Crippen LogP contribution in [0.25, 0.3) is 0 Å². The zero-order chi connectivity index (χ0) is 19.8. The summed E-state index contributed by atoms with van der Waals surface area (Å²) in [6.45, 7) is 6.04. The van der Waals surface area contributed by atoms with E-state index in [1.165, 1.54) is 0 Å². The van der Waals surface area contributed by atoms with Gasteiger partial charge in [-0.25, -0.2) is 14.5 Å². The highest BCUT2D eigenvalue weighted by molar-refractivity contribution is 6.23. The lowest BCUT2D eigenvalue weighted by molar-refractivity contribution is -0.123. The molecule has 0 unspecified atom stereocenters. The monoisotopic (exact) mass is 370 g/mol. The zero-order valence-corrected chi connectivity index (χ0v) is 15.6. The molecule has 2 saturated heterocycles. The summed E-state index contributed by atoms with van der Waals surface area (Å²) in [5, 5.41) is 11.7. The first-order chi connectivity index (χ1) is 12.6. The molecule has 0 aliphatic carbocycles. The van der Waals surface area contributed by atoms with Crippen molar-refractivity contribution >= 4 is 23.7 Å². The largest absolute Gasteiger partial charge is 0.444 e. The van der Waals surface area contributed by atoms with Gasteiger partial charge in [0.25, 0.3) is 5.91 Å². The van der Waals surface area contributed by atoms with Crippen LogP contribution >= 0.6 is 0 Å². The molecule has 1 aromatic carbocycles. The number of piperidine rings is 1. The van der Waals surface area contributed by atoms with Gasteiger partial charge in [-0.1, -0.05) is 0 Å². The molecule has 142 valence electrons. The number of urea groups is 1. The van der Waals surface area contributed by atoms with Crippen molar-refractivity contribution in [3.63, 3.8) is 0 Å². The third-order valence-corrected chi connectivity index (χ3v) is 4.69. The second kappa shape index (κ2) is 6.58. The summed E-state index contributed by atoms with van der Waals surface area (Å²) in [7, 11) is 0. The van der Waals surface area contributed by atoms with E-state index < -0.39 is 23.3 Å². The third kappa shape index (κ3) is 3.58. The van der Waals surface area contributed by atoms with E-state index in [9.17, 15) is 14.4 Å². The molecule has 2 aliphatic rings. The fourth-order valence-electron chi connectivity index (χ4n) is 3.28. The van der Waals surface area contributed by atoms with Crippen LogP contribution in [0.15, 0.2) is 24.3 Å². The van der Waals surface area contributed by atoms with Crippen LogP contribution in [0.1, 0.15) is 39.2 Å². The number of likely N-dealkylation sites (tertiary alicyclic amines) is 1. The minimum absolute atomic E-state index is 0.322. The highest BCUT2D eigenvalue weighted by Crippen LogP contribution is 2.33. The van der Waals surface area contributed by atoms with Crippen LogP contribution < -0.4 is 10.2 Å². The minimum atomic E-state index is -1.01. The van der Waals surface area contributed by atoms with Crippen LogP contribution in [0.5, 0.6) is 0 Å². The van der Waals surface area contributed by atoms with Crippen molar-refractivity contribution in [3.8, 4) is 6.07 Å². The van der Waals surface area contributed by atoms with E-state index in [1.54, 1.807) is 49.9 Å². The Bertz CT molecular complexity index is 812. The molecule has 0 aromatic heterocycles. The molecule has 8 nitrogen and oxygen atoms in total. The van der Waals surface area contributed by atoms with Crippen LogP contribution in [0, 0.1) is 11.3 Å². The molecule has 0 saturated carbocycles. The highest BCUT2D eigenvalue weighted by Gasteiger charge is 2.53. The summed E-state index contributed by atoms with van der Waals surface area (Å²) < 4.78 is 5.37. The van der Waals surface area contributed by atoms with Gasteiger partial charge in [-0.15, -0.1) is 0 Å². The van der Waals surface area contributed by atoms with E-state index in [-0.39, 0.29) is 5.91 Å². The molecule has 4 amide bonds. The van der Waals surface area contributed by atoms with Crippen LogP contribution in [-0.4, -0.2) is 47.2 Å². The quantitative estimate of drug-likeness (QED) is 0.765. The number of hydrogen-bond donors (Lipinski definition) is 1.